The first-order valence-electron chi connectivity index (χ1n) is 14.5. The Morgan fingerprint density at radius 2 is 1.20 bits per heavy atom. The molecular formula is C38H33N3. The van der Waals surface area contributed by atoms with Crippen molar-refractivity contribution in [2.45, 2.75) is 39.0 Å². The number of benzene rings is 4. The molecule has 7 rings (SSSR count). The van der Waals surface area contributed by atoms with Crippen LogP contribution in [0.3, 0.4) is 0 Å². The fourth-order valence-electron chi connectivity index (χ4n) is 6.16. The lowest BCUT2D eigenvalue weighted by Crippen LogP contribution is -2.16. The van der Waals surface area contributed by atoms with Crippen molar-refractivity contribution in [1.29, 1.82) is 0 Å². The van der Waals surface area contributed by atoms with Gasteiger partial charge in [-0.05, 0) is 65.2 Å². The van der Waals surface area contributed by atoms with Gasteiger partial charge in [0.1, 0.15) is 0 Å². The SMILES string of the molecule is CC1=C(/C=C(/c2cccc(-c3nc(-c4ccccc4)nc(-c4ccccc4)n3)c2)C2CC2)C(C)(C)c2ccccc21. The highest BCUT2D eigenvalue weighted by Crippen LogP contribution is 2.50. The van der Waals surface area contributed by atoms with E-state index < -0.39 is 0 Å². The fourth-order valence-corrected chi connectivity index (χ4v) is 6.16. The van der Waals surface area contributed by atoms with Gasteiger partial charge in [0.25, 0.3) is 0 Å². The Morgan fingerprint density at radius 1 is 0.659 bits per heavy atom. The van der Waals surface area contributed by atoms with Crippen LogP contribution in [0.2, 0.25) is 0 Å². The molecule has 0 N–H and O–H groups in total. The molecule has 0 aliphatic heterocycles. The van der Waals surface area contributed by atoms with E-state index >= 15 is 0 Å². The highest BCUT2D eigenvalue weighted by atomic mass is 15.0. The van der Waals surface area contributed by atoms with Gasteiger partial charge in [-0.1, -0.05) is 123 Å². The lowest BCUT2D eigenvalue weighted by atomic mass is 9.79. The van der Waals surface area contributed by atoms with Crippen LogP contribution in [0.5, 0.6) is 0 Å². The number of rotatable bonds is 6. The van der Waals surface area contributed by atoms with Crippen LogP contribution in [0.25, 0.3) is 45.3 Å². The van der Waals surface area contributed by atoms with E-state index in [4.69, 9.17) is 15.0 Å². The number of allylic oxidation sites excluding steroid dienone is 4. The van der Waals surface area contributed by atoms with E-state index in [0.29, 0.717) is 23.4 Å². The number of fused-ring (bicyclic) bond motifs is 1. The highest BCUT2D eigenvalue weighted by Gasteiger charge is 2.36. The molecule has 41 heavy (non-hydrogen) atoms. The normalized spacial score (nSPS) is 16.1. The van der Waals surface area contributed by atoms with Crippen molar-refractivity contribution in [1.82, 2.24) is 15.0 Å². The van der Waals surface area contributed by atoms with E-state index in [9.17, 15) is 0 Å². The first kappa shape index (κ1) is 25.3. The number of aromatic nitrogens is 3. The van der Waals surface area contributed by atoms with Crippen LogP contribution in [0.1, 0.15) is 50.3 Å². The molecule has 1 aromatic heterocycles. The van der Waals surface area contributed by atoms with Crippen molar-refractivity contribution in [2.24, 2.45) is 5.92 Å². The molecule has 200 valence electrons. The molecule has 3 nitrogen and oxygen atoms in total. The molecule has 2 aliphatic carbocycles. The van der Waals surface area contributed by atoms with Crippen molar-refractivity contribution in [2.75, 3.05) is 0 Å². The maximum atomic E-state index is 4.97. The van der Waals surface area contributed by atoms with E-state index in [-0.39, 0.29) is 5.41 Å². The molecule has 5 aromatic rings. The summed E-state index contributed by atoms with van der Waals surface area (Å²) in [5.41, 5.74) is 11.2. The minimum absolute atomic E-state index is 0.0260. The Morgan fingerprint density at radius 3 is 1.78 bits per heavy atom. The topological polar surface area (TPSA) is 38.7 Å². The zero-order chi connectivity index (χ0) is 28.0. The van der Waals surface area contributed by atoms with Crippen LogP contribution in [-0.4, -0.2) is 15.0 Å². The van der Waals surface area contributed by atoms with Crippen molar-refractivity contribution in [3.63, 3.8) is 0 Å². The molecule has 0 bridgehead atoms. The minimum atomic E-state index is -0.0260. The van der Waals surface area contributed by atoms with Crippen molar-refractivity contribution < 1.29 is 0 Å². The standard InChI is InChI=1S/C38H33N3/c1-25-31-19-10-11-20-33(31)38(2,3)34(25)24-32(26-21-22-26)29-17-12-18-30(23-29)37-40-35(27-13-6-4-7-14-27)39-36(41-37)28-15-8-5-9-16-28/h4-20,23-24,26H,21-22H2,1-3H3/b32-24+. The fraction of sp³-hybridized carbons (Fsp3) is 0.184. The van der Waals surface area contributed by atoms with Gasteiger partial charge in [-0.2, -0.15) is 0 Å². The van der Waals surface area contributed by atoms with E-state index in [1.807, 2.05) is 36.4 Å². The van der Waals surface area contributed by atoms with Gasteiger partial charge in [0.15, 0.2) is 17.5 Å². The Balaban J connectivity index is 1.34. The third-order valence-electron chi connectivity index (χ3n) is 8.55. The van der Waals surface area contributed by atoms with Crippen LogP contribution in [0.4, 0.5) is 0 Å². The average molecular weight is 532 g/mol. The second-order valence-electron chi connectivity index (χ2n) is 11.7. The Labute approximate surface area is 242 Å². The monoisotopic (exact) mass is 531 g/mol. The molecule has 1 fully saturated rings. The van der Waals surface area contributed by atoms with Crippen LogP contribution in [0, 0.1) is 5.92 Å². The zero-order valence-electron chi connectivity index (χ0n) is 23.8. The molecule has 0 spiro atoms. The largest absolute Gasteiger partial charge is 0.208 e. The molecule has 0 radical (unpaired) electrons. The van der Waals surface area contributed by atoms with E-state index in [1.165, 1.54) is 46.3 Å². The number of nitrogens with zero attached hydrogens (tertiary/aromatic N) is 3. The van der Waals surface area contributed by atoms with Gasteiger partial charge >= 0.3 is 0 Å². The average Bonchev–Trinajstić information content (AvgIpc) is 3.85. The summed E-state index contributed by atoms with van der Waals surface area (Å²) in [6, 6.07) is 38.0. The van der Waals surface area contributed by atoms with Crippen LogP contribution in [-0.2, 0) is 5.41 Å². The zero-order valence-corrected chi connectivity index (χ0v) is 23.8. The van der Waals surface area contributed by atoms with Gasteiger partial charge < -0.3 is 0 Å². The highest BCUT2D eigenvalue weighted by molar-refractivity contribution is 5.85. The molecule has 4 aromatic carbocycles. The van der Waals surface area contributed by atoms with Crippen LogP contribution in [0.15, 0.2) is 121 Å². The van der Waals surface area contributed by atoms with Gasteiger partial charge in [-0.15, -0.1) is 0 Å². The number of hydrogen-bond acceptors (Lipinski definition) is 3. The summed E-state index contributed by atoms with van der Waals surface area (Å²) in [5, 5.41) is 0. The summed E-state index contributed by atoms with van der Waals surface area (Å²) in [5.74, 6) is 2.65. The number of hydrogen-bond donors (Lipinski definition) is 0. The molecule has 2 aliphatic rings. The molecule has 0 unspecified atom stereocenters. The van der Waals surface area contributed by atoms with E-state index in [2.05, 4.69) is 99.6 Å². The summed E-state index contributed by atoms with van der Waals surface area (Å²) >= 11 is 0. The van der Waals surface area contributed by atoms with Crippen LogP contribution < -0.4 is 0 Å². The Kier molecular flexibility index (Phi) is 6.23. The summed E-state index contributed by atoms with van der Waals surface area (Å²) in [6.07, 6.45) is 4.96. The quantitative estimate of drug-likeness (QED) is 0.219. The first-order valence-corrected chi connectivity index (χ1v) is 14.5. The van der Waals surface area contributed by atoms with Gasteiger partial charge in [0, 0.05) is 22.1 Å². The molecule has 1 saturated carbocycles. The van der Waals surface area contributed by atoms with E-state index in [1.54, 1.807) is 0 Å². The van der Waals surface area contributed by atoms with Gasteiger partial charge in [0.05, 0.1) is 0 Å². The molecule has 0 atom stereocenters. The third kappa shape index (κ3) is 4.72. The smallest absolute Gasteiger partial charge is 0.164 e. The van der Waals surface area contributed by atoms with Crippen molar-refractivity contribution in [3.8, 4) is 34.2 Å². The molecule has 0 saturated heterocycles. The maximum Gasteiger partial charge on any atom is 0.164 e. The van der Waals surface area contributed by atoms with Gasteiger partial charge in [-0.25, -0.2) is 15.0 Å². The maximum absolute atomic E-state index is 4.97. The van der Waals surface area contributed by atoms with Gasteiger partial charge in [0.2, 0.25) is 0 Å². The molecule has 1 heterocycles. The third-order valence-corrected chi connectivity index (χ3v) is 8.55. The van der Waals surface area contributed by atoms with Gasteiger partial charge in [-0.3, -0.25) is 0 Å². The van der Waals surface area contributed by atoms with Crippen molar-refractivity contribution in [3.05, 3.63) is 138 Å². The second-order valence-corrected chi connectivity index (χ2v) is 11.7. The molecular weight excluding hydrogens is 498 g/mol. The van der Waals surface area contributed by atoms with E-state index in [0.717, 1.165) is 16.7 Å². The minimum Gasteiger partial charge on any atom is -0.208 e. The van der Waals surface area contributed by atoms with Crippen molar-refractivity contribution >= 4 is 11.1 Å². The lowest BCUT2D eigenvalue weighted by molar-refractivity contribution is 0.654. The first-order chi connectivity index (χ1) is 20.0. The summed E-state index contributed by atoms with van der Waals surface area (Å²) in [4.78, 5) is 14.8. The molecule has 0 amide bonds. The predicted octanol–water partition coefficient (Wildman–Crippen LogP) is 9.43. The summed E-state index contributed by atoms with van der Waals surface area (Å²) < 4.78 is 0. The predicted molar refractivity (Wildman–Crippen MR) is 169 cm³/mol. The lowest BCUT2D eigenvalue weighted by Gasteiger charge is -2.24. The molecule has 3 heteroatoms. The summed E-state index contributed by atoms with van der Waals surface area (Å²) in [6.45, 7) is 6.99. The Bertz CT molecular complexity index is 1750. The summed E-state index contributed by atoms with van der Waals surface area (Å²) in [7, 11) is 0. The van der Waals surface area contributed by atoms with Crippen LogP contribution >= 0.6 is 0 Å². The Hall–Kier alpha value is -4.63. The second kappa shape index (κ2) is 10.1.